The van der Waals surface area contributed by atoms with Crippen molar-refractivity contribution in [3.05, 3.63) is 53.3 Å². The molecule has 1 heterocycles. The van der Waals surface area contributed by atoms with Crippen LogP contribution in [0.1, 0.15) is 11.1 Å². The first-order valence-corrected chi connectivity index (χ1v) is 6.62. The number of aryl methyl sites for hydroxylation is 1. The number of ether oxygens (including phenoxy) is 1. The summed E-state index contributed by atoms with van der Waals surface area (Å²) in [5.74, 6) is 0.203. The Balaban J connectivity index is 1.98. The Morgan fingerprint density at radius 3 is 2.86 bits per heavy atom. The molecule has 0 saturated carbocycles. The number of fused-ring (bicyclic) bond motifs is 1. The van der Waals surface area contributed by atoms with Crippen LogP contribution in [0.2, 0.25) is 0 Å². The molecule has 5 heteroatoms. The minimum absolute atomic E-state index is 0.00282. The summed E-state index contributed by atoms with van der Waals surface area (Å²) >= 11 is 0. The lowest BCUT2D eigenvalue weighted by Gasteiger charge is -2.30. The van der Waals surface area contributed by atoms with Crippen LogP contribution < -0.4 is 15.4 Å². The van der Waals surface area contributed by atoms with Gasteiger partial charge in [-0.15, -0.1) is 0 Å². The van der Waals surface area contributed by atoms with E-state index in [1.54, 1.807) is 29.2 Å². The summed E-state index contributed by atoms with van der Waals surface area (Å²) in [5, 5.41) is 0. The highest BCUT2D eigenvalue weighted by Crippen LogP contribution is 2.35. The maximum Gasteiger partial charge on any atom is 0.265 e. The van der Waals surface area contributed by atoms with Gasteiger partial charge >= 0.3 is 0 Å². The molecule has 1 aliphatic heterocycles. The number of carbonyl (C=O) groups excluding carboxylic acids is 1. The van der Waals surface area contributed by atoms with Gasteiger partial charge in [-0.2, -0.15) is 0 Å². The van der Waals surface area contributed by atoms with Gasteiger partial charge in [0.1, 0.15) is 11.6 Å². The highest BCUT2D eigenvalue weighted by molar-refractivity contribution is 5.98. The lowest BCUT2D eigenvalue weighted by Crippen LogP contribution is -2.38. The van der Waals surface area contributed by atoms with E-state index in [-0.39, 0.29) is 18.3 Å². The van der Waals surface area contributed by atoms with Gasteiger partial charge in [0.15, 0.2) is 6.61 Å². The van der Waals surface area contributed by atoms with Crippen molar-refractivity contribution in [3.8, 4) is 5.75 Å². The second kappa shape index (κ2) is 5.09. The first-order chi connectivity index (χ1) is 10.0. The van der Waals surface area contributed by atoms with Crippen molar-refractivity contribution in [2.75, 3.05) is 17.2 Å². The fourth-order valence-corrected chi connectivity index (χ4v) is 2.40. The number of nitrogens with two attached hydrogens (primary N) is 1. The Labute approximate surface area is 121 Å². The molecule has 3 rings (SSSR count). The lowest BCUT2D eigenvalue weighted by molar-refractivity contribution is -0.121. The number of anilines is 2. The summed E-state index contributed by atoms with van der Waals surface area (Å²) < 4.78 is 18.6. The highest BCUT2D eigenvalue weighted by Gasteiger charge is 2.26. The van der Waals surface area contributed by atoms with E-state index in [0.717, 1.165) is 11.1 Å². The molecule has 0 aromatic heterocycles. The number of benzene rings is 2. The minimum atomic E-state index is -0.283. The summed E-state index contributed by atoms with van der Waals surface area (Å²) in [6, 6.07) is 9.75. The van der Waals surface area contributed by atoms with Crippen LogP contribution in [-0.2, 0) is 11.3 Å². The largest absolute Gasteiger partial charge is 0.482 e. The third kappa shape index (κ3) is 2.54. The van der Waals surface area contributed by atoms with E-state index in [9.17, 15) is 9.18 Å². The molecule has 4 nitrogen and oxygen atoms in total. The number of nitrogen functional groups attached to an aromatic ring is 1. The molecule has 0 fully saturated rings. The lowest BCUT2D eigenvalue weighted by atomic mass is 10.1. The standard InChI is InChI=1S/C16H15FN2O2/c1-10-6-12(17)3-2-11(10)8-19-14-7-13(18)4-5-15(14)21-9-16(19)20/h2-7H,8-9,18H2,1H3. The van der Waals surface area contributed by atoms with Crippen molar-refractivity contribution in [1.82, 2.24) is 0 Å². The summed E-state index contributed by atoms with van der Waals surface area (Å²) in [6.07, 6.45) is 0. The van der Waals surface area contributed by atoms with E-state index < -0.39 is 0 Å². The SMILES string of the molecule is Cc1cc(F)ccc1CN1C(=O)COc2ccc(N)cc21. The van der Waals surface area contributed by atoms with Crippen molar-refractivity contribution >= 4 is 17.3 Å². The van der Waals surface area contributed by atoms with E-state index in [1.807, 2.05) is 6.92 Å². The third-order valence-corrected chi connectivity index (χ3v) is 3.56. The number of carbonyl (C=O) groups is 1. The molecule has 0 aliphatic carbocycles. The van der Waals surface area contributed by atoms with Crippen LogP contribution in [0.5, 0.6) is 5.75 Å². The van der Waals surface area contributed by atoms with Crippen LogP contribution >= 0.6 is 0 Å². The van der Waals surface area contributed by atoms with Gasteiger partial charge in [0.05, 0.1) is 12.2 Å². The van der Waals surface area contributed by atoms with Gasteiger partial charge in [-0.25, -0.2) is 4.39 Å². The Bertz CT molecular complexity index is 715. The average Bonchev–Trinajstić information content (AvgIpc) is 2.44. The predicted octanol–water partition coefficient (Wildman–Crippen LogP) is 2.64. The number of nitrogens with zero attached hydrogens (tertiary/aromatic N) is 1. The topological polar surface area (TPSA) is 55.6 Å². The number of hydrogen-bond acceptors (Lipinski definition) is 3. The van der Waals surface area contributed by atoms with Crippen molar-refractivity contribution < 1.29 is 13.9 Å². The predicted molar refractivity (Wildman–Crippen MR) is 78.7 cm³/mol. The first-order valence-electron chi connectivity index (χ1n) is 6.62. The molecule has 108 valence electrons. The van der Waals surface area contributed by atoms with Crippen LogP contribution in [0.15, 0.2) is 36.4 Å². The quantitative estimate of drug-likeness (QED) is 0.863. The molecule has 0 radical (unpaired) electrons. The molecule has 2 aromatic rings. The van der Waals surface area contributed by atoms with Crippen molar-refractivity contribution in [2.24, 2.45) is 0 Å². The number of hydrogen-bond donors (Lipinski definition) is 1. The molecule has 1 aliphatic rings. The van der Waals surface area contributed by atoms with Gasteiger partial charge in [0.2, 0.25) is 0 Å². The Morgan fingerprint density at radius 2 is 2.10 bits per heavy atom. The zero-order chi connectivity index (χ0) is 15.0. The molecule has 2 aromatic carbocycles. The van der Waals surface area contributed by atoms with Crippen molar-refractivity contribution in [1.29, 1.82) is 0 Å². The van der Waals surface area contributed by atoms with E-state index >= 15 is 0 Å². The van der Waals surface area contributed by atoms with Gasteiger partial charge in [0.25, 0.3) is 5.91 Å². The van der Waals surface area contributed by atoms with E-state index in [1.165, 1.54) is 12.1 Å². The van der Waals surface area contributed by atoms with Crippen molar-refractivity contribution in [2.45, 2.75) is 13.5 Å². The zero-order valence-corrected chi connectivity index (χ0v) is 11.6. The maximum absolute atomic E-state index is 13.2. The van der Waals surface area contributed by atoms with E-state index in [2.05, 4.69) is 0 Å². The summed E-state index contributed by atoms with van der Waals surface area (Å²) in [4.78, 5) is 13.8. The van der Waals surface area contributed by atoms with Gasteiger partial charge in [-0.3, -0.25) is 4.79 Å². The molecular weight excluding hydrogens is 271 g/mol. The third-order valence-electron chi connectivity index (χ3n) is 3.56. The minimum Gasteiger partial charge on any atom is -0.482 e. The highest BCUT2D eigenvalue weighted by atomic mass is 19.1. The average molecular weight is 286 g/mol. The second-order valence-electron chi connectivity index (χ2n) is 5.07. The molecule has 0 spiro atoms. The first kappa shape index (κ1) is 13.4. The molecule has 21 heavy (non-hydrogen) atoms. The van der Waals surface area contributed by atoms with Crippen LogP contribution in [-0.4, -0.2) is 12.5 Å². The normalized spacial score (nSPS) is 13.8. The van der Waals surface area contributed by atoms with Crippen molar-refractivity contribution in [3.63, 3.8) is 0 Å². The molecule has 2 N–H and O–H groups in total. The second-order valence-corrected chi connectivity index (χ2v) is 5.07. The zero-order valence-electron chi connectivity index (χ0n) is 11.6. The van der Waals surface area contributed by atoms with Gasteiger partial charge in [-0.05, 0) is 48.4 Å². The summed E-state index contributed by atoms with van der Waals surface area (Å²) in [7, 11) is 0. The van der Waals surface area contributed by atoms with Crippen LogP contribution in [0.4, 0.5) is 15.8 Å². The molecule has 0 saturated heterocycles. The molecular formula is C16H15FN2O2. The van der Waals surface area contributed by atoms with Gasteiger partial charge < -0.3 is 15.4 Å². The fourth-order valence-electron chi connectivity index (χ4n) is 2.40. The Morgan fingerprint density at radius 1 is 1.29 bits per heavy atom. The number of halogens is 1. The maximum atomic E-state index is 13.2. The smallest absolute Gasteiger partial charge is 0.265 e. The number of amides is 1. The van der Waals surface area contributed by atoms with E-state index in [0.29, 0.717) is 23.7 Å². The molecule has 1 amide bonds. The van der Waals surface area contributed by atoms with Crippen LogP contribution in [0.25, 0.3) is 0 Å². The van der Waals surface area contributed by atoms with E-state index in [4.69, 9.17) is 10.5 Å². The molecule has 0 unspecified atom stereocenters. The Hall–Kier alpha value is -2.56. The Kier molecular flexibility index (Phi) is 3.25. The van der Waals surface area contributed by atoms with Gasteiger partial charge in [-0.1, -0.05) is 6.07 Å². The monoisotopic (exact) mass is 286 g/mol. The molecule has 0 atom stereocenters. The van der Waals surface area contributed by atoms with Gasteiger partial charge in [0, 0.05) is 5.69 Å². The molecule has 0 bridgehead atoms. The summed E-state index contributed by atoms with van der Waals surface area (Å²) in [6.45, 7) is 2.19. The summed E-state index contributed by atoms with van der Waals surface area (Å²) in [5.41, 5.74) is 8.69. The number of rotatable bonds is 2. The van der Waals surface area contributed by atoms with Crippen LogP contribution in [0, 0.1) is 12.7 Å². The fraction of sp³-hybridized carbons (Fsp3) is 0.188. The van der Waals surface area contributed by atoms with Crippen LogP contribution in [0.3, 0.4) is 0 Å².